The molecule has 3 N–H and O–H groups in total. The normalized spacial score (nSPS) is 10.2. The number of hydrogen-bond donors (Lipinski definition) is 1. The molecule has 9 aromatic rings. The summed E-state index contributed by atoms with van der Waals surface area (Å²) in [7, 11) is 7.40. The second kappa shape index (κ2) is 33.4. The Morgan fingerprint density at radius 1 is 0.556 bits per heavy atom. The zero-order valence-electron chi connectivity index (χ0n) is 43.8. The van der Waals surface area contributed by atoms with Crippen molar-refractivity contribution in [2.24, 2.45) is 0 Å². The summed E-state index contributed by atoms with van der Waals surface area (Å²) in [5.41, 5.74) is 2.33. The summed E-state index contributed by atoms with van der Waals surface area (Å²) in [6.45, 7) is 1.57. The van der Waals surface area contributed by atoms with Crippen molar-refractivity contribution < 1.29 is 94.3 Å². The minimum absolute atomic E-state index is 0. The summed E-state index contributed by atoms with van der Waals surface area (Å²) in [4.78, 5) is 92.5. The van der Waals surface area contributed by atoms with Crippen LogP contribution in [-0.2, 0) is 38.8 Å². The topological polar surface area (TPSA) is 252 Å². The Bertz CT molecular complexity index is 3950. The second-order valence-corrected chi connectivity index (χ2v) is 20.5. The number of aliphatic carboxylic acids is 1. The molecular weight excluding hydrogens is 1200 g/mol. The fraction of sp³-hybridized carbons (Fsp3) is 0.278. The van der Waals surface area contributed by atoms with Crippen molar-refractivity contribution in [3.05, 3.63) is 124 Å². The van der Waals surface area contributed by atoms with Gasteiger partial charge in [-0.3, -0.25) is 24.0 Å². The first-order chi connectivity index (χ1) is 35.3. The number of anilines is 2. The summed E-state index contributed by atoms with van der Waals surface area (Å²) in [6.07, 6.45) is 7.49. The zero-order chi connectivity index (χ0) is 53.9. The van der Waals surface area contributed by atoms with E-state index in [1.54, 1.807) is 98.3 Å². The van der Waals surface area contributed by atoms with E-state index in [0.717, 1.165) is 4.90 Å². The van der Waals surface area contributed by atoms with Crippen molar-refractivity contribution in [2.45, 2.75) is 63.5 Å². The summed E-state index contributed by atoms with van der Waals surface area (Å²) in [6, 6.07) is 20.2. The van der Waals surface area contributed by atoms with Crippen molar-refractivity contribution in [1.82, 2.24) is 28.7 Å². The monoisotopic (exact) mass is 1260 g/mol. The van der Waals surface area contributed by atoms with Gasteiger partial charge in [0.2, 0.25) is 0 Å². The molecule has 0 aliphatic heterocycles. The Morgan fingerprint density at radius 3 is 1.23 bits per heavy atom. The molecule has 9 rings (SSSR count). The predicted molar refractivity (Wildman–Crippen MR) is 329 cm³/mol. The van der Waals surface area contributed by atoms with Gasteiger partial charge in [-0.25, -0.2) is 21.2 Å². The number of carbonyl (C=O) groups is 2. The van der Waals surface area contributed by atoms with E-state index in [1.807, 2.05) is 58.1 Å². The molecule has 3 aromatic carbocycles. The average Bonchev–Trinajstić information content (AvgIpc) is 3.37. The van der Waals surface area contributed by atoms with Gasteiger partial charge >= 0.3 is 71.1 Å². The predicted octanol–water partition coefficient (Wildman–Crippen LogP) is 5.88. The van der Waals surface area contributed by atoms with Crippen LogP contribution in [0.5, 0.6) is 0 Å². The Balaban J connectivity index is 0.00000114. The Hall–Kier alpha value is -4.14. The number of hydrogen-bond acceptors (Lipinski definition) is 17. The van der Waals surface area contributed by atoms with E-state index in [4.69, 9.17) is 51.1 Å². The first-order valence-electron chi connectivity index (χ1n) is 22.1. The van der Waals surface area contributed by atoms with Crippen LogP contribution in [0.3, 0.4) is 0 Å². The van der Waals surface area contributed by atoms with E-state index in [2.05, 4.69) is 15.0 Å². The smallest absolute Gasteiger partial charge is 0.870 e. The fourth-order valence-corrected chi connectivity index (χ4v) is 11.6. The number of carboxylic acid groups (broad SMARTS) is 1. The van der Waals surface area contributed by atoms with Gasteiger partial charge in [0, 0.05) is 44.3 Å². The number of carbonyl (C=O) groups excluding carboxylic acids is 2. The molecule has 0 atom stereocenters. The number of fused-ring (bicyclic) bond motifs is 6. The van der Waals surface area contributed by atoms with E-state index < -0.39 is 11.9 Å². The van der Waals surface area contributed by atoms with E-state index in [0.29, 0.717) is 102 Å². The van der Waals surface area contributed by atoms with Crippen LogP contribution in [0.2, 0.25) is 20.2 Å². The number of aromatic nitrogens is 6. The fourth-order valence-electron chi connectivity index (χ4n) is 8.28. The molecule has 0 bridgehead atoms. The van der Waals surface area contributed by atoms with Gasteiger partial charge in [0.05, 0.1) is 69.1 Å². The summed E-state index contributed by atoms with van der Waals surface area (Å²) < 4.78 is 9.98. The second-order valence-electron chi connectivity index (χ2n) is 16.4. The molecule has 0 saturated carbocycles. The summed E-state index contributed by atoms with van der Waals surface area (Å²) >= 11 is 29.1. The SMILES string of the molecule is C.C.C.CCOC(=O)Cn1c2nc(Cl)ccc2c(=O)c2ccc(Cl)c(SC)c21.CSc1c(Cl)ccc2c(=O)c3ccc(N(C)C)nc3n(CC(=O)O)c12.CSc1c(Cl)ccc2c(=O)c3ccc(N(C)C)nc3n(C[C-]=O)c12.[Na+].[Na+].[OH-].[OH-]. The largest absolute Gasteiger partial charge is 1.00 e. The van der Waals surface area contributed by atoms with Crippen LogP contribution in [0.25, 0.3) is 65.8 Å². The molecule has 6 aromatic heterocycles. The number of benzene rings is 3. The minimum Gasteiger partial charge on any atom is -0.870 e. The van der Waals surface area contributed by atoms with Gasteiger partial charge in [-0.05, 0) is 98.5 Å². The molecule has 0 spiro atoms. The number of nitrogens with zero attached hydrogens (tertiary/aromatic N) is 8. The maximum Gasteiger partial charge on any atom is 1.00 e. The number of ether oxygens (including phenoxy) is 1. The summed E-state index contributed by atoms with van der Waals surface area (Å²) in [5.74, 6) is -0.107. The molecule has 0 fully saturated rings. The van der Waals surface area contributed by atoms with E-state index in [-0.39, 0.29) is 140 Å². The third-order valence-electron chi connectivity index (χ3n) is 11.5. The van der Waals surface area contributed by atoms with Gasteiger partial charge in [0.15, 0.2) is 16.3 Å². The van der Waals surface area contributed by atoms with Crippen LogP contribution < -0.4 is 85.2 Å². The van der Waals surface area contributed by atoms with Crippen LogP contribution in [-0.4, -0.2) is 117 Å². The Labute approximate surface area is 545 Å². The Kier molecular flexibility index (Phi) is 31.7. The molecule has 27 heteroatoms. The number of pyridine rings is 6. The minimum atomic E-state index is -1.02. The van der Waals surface area contributed by atoms with Crippen LogP contribution in [0.4, 0.5) is 11.6 Å². The van der Waals surface area contributed by atoms with E-state index >= 15 is 0 Å². The molecule has 0 unspecified atom stereocenters. The Morgan fingerprint density at radius 2 is 0.889 bits per heavy atom. The van der Waals surface area contributed by atoms with Crippen molar-refractivity contribution >= 4 is 177 Å². The number of thioether (sulfide) groups is 3. The summed E-state index contributed by atoms with van der Waals surface area (Å²) in [5, 5.41) is 13.8. The molecular formula is C54H59Cl4N8Na2O10S3-. The molecule has 6 heterocycles. The molecule has 424 valence electrons. The van der Waals surface area contributed by atoms with Crippen LogP contribution in [0.15, 0.2) is 102 Å². The molecule has 0 amide bonds. The van der Waals surface area contributed by atoms with Crippen LogP contribution in [0, 0.1) is 0 Å². The van der Waals surface area contributed by atoms with E-state index in [1.165, 1.54) is 35.3 Å². The van der Waals surface area contributed by atoms with Gasteiger partial charge in [0.25, 0.3) is 0 Å². The third kappa shape index (κ3) is 15.8. The van der Waals surface area contributed by atoms with Gasteiger partial charge < -0.3 is 49.1 Å². The van der Waals surface area contributed by atoms with Crippen molar-refractivity contribution in [2.75, 3.05) is 63.4 Å². The standard InChI is InChI=1S/C17H14Cl2N2O3S.C17H16ClN3O3S.C17H15ClN3O2S.3CH4.2Na.2H2O/c1-3-24-13(22)8-21-14-9(4-6-11(18)16(14)25-2)15(23)10-5-7-12(19)20-17(10)21;1-20(2)12-7-5-10-15(24)9-4-6-11(18)16(25-3)14(9)21(8-13(22)23)17(10)19-12;1-20(2)13-7-5-11-15(23)10-4-6-12(18)16(24-3)14(10)21(8-9-22)17(11)19-13;;;;;;;/h4-7H,3,8H2,1-2H3;4-7H,8H2,1-3H3,(H,22,23);4-7H,8H2,1-3H3;3*1H4;;;2*1H2/q;;-1;;;;2*+1;;/p-2. The van der Waals surface area contributed by atoms with Gasteiger partial charge in [-0.1, -0.05) is 75.2 Å². The average molecular weight is 1260 g/mol. The zero-order valence-corrected chi connectivity index (χ0v) is 53.2. The number of esters is 1. The van der Waals surface area contributed by atoms with Crippen LogP contribution in [0.1, 0.15) is 29.2 Å². The molecule has 18 nitrogen and oxygen atoms in total. The maximum atomic E-state index is 12.9. The first-order valence-corrected chi connectivity index (χ1v) is 27.3. The molecule has 0 aliphatic carbocycles. The van der Waals surface area contributed by atoms with Crippen molar-refractivity contribution in [3.8, 4) is 0 Å². The van der Waals surface area contributed by atoms with Gasteiger partial charge in [-0.15, -0.1) is 35.3 Å². The van der Waals surface area contributed by atoms with E-state index in [9.17, 15) is 33.9 Å². The van der Waals surface area contributed by atoms with Crippen molar-refractivity contribution in [3.63, 3.8) is 0 Å². The quantitative estimate of drug-likeness (QED) is 0.0374. The van der Waals surface area contributed by atoms with Gasteiger partial charge in [-0.2, -0.15) is 0 Å². The van der Waals surface area contributed by atoms with Crippen LogP contribution >= 0.6 is 81.7 Å². The molecule has 81 heavy (non-hydrogen) atoms. The van der Waals surface area contributed by atoms with Gasteiger partial charge in [0.1, 0.15) is 46.8 Å². The molecule has 0 saturated heterocycles. The van der Waals surface area contributed by atoms with Crippen molar-refractivity contribution in [1.29, 1.82) is 0 Å². The molecule has 0 radical (unpaired) electrons. The number of rotatable bonds is 12. The molecule has 0 aliphatic rings. The maximum absolute atomic E-state index is 12.9. The first kappa shape index (κ1) is 76.9. The third-order valence-corrected chi connectivity index (χ3v) is 15.5. The number of halogens is 4. The number of carboxylic acids is 1.